The van der Waals surface area contributed by atoms with Crippen LogP contribution in [-0.2, 0) is 19.3 Å². The molecule has 0 fully saturated rings. The fourth-order valence-corrected chi connectivity index (χ4v) is 2.60. The van der Waals surface area contributed by atoms with E-state index in [0.717, 1.165) is 30.7 Å². The first-order valence-electron chi connectivity index (χ1n) is 7.01. The lowest BCUT2D eigenvalue weighted by Crippen LogP contribution is -2.07. The number of fused-ring (bicyclic) bond motifs is 1. The number of nitrogens with zero attached hydrogens (tertiary/aromatic N) is 2. The molecule has 0 unspecified atom stereocenters. The third kappa shape index (κ3) is 2.66. The first-order valence-corrected chi connectivity index (χ1v) is 7.01. The van der Waals surface area contributed by atoms with Crippen LogP contribution < -0.4 is 5.73 Å². The summed E-state index contributed by atoms with van der Waals surface area (Å²) in [7, 11) is 0. The van der Waals surface area contributed by atoms with Crippen LogP contribution in [0.2, 0.25) is 0 Å². The van der Waals surface area contributed by atoms with Gasteiger partial charge in [-0.15, -0.1) is 0 Å². The van der Waals surface area contributed by atoms with Gasteiger partial charge in [-0.2, -0.15) is 0 Å². The molecule has 1 heterocycles. The van der Waals surface area contributed by atoms with Crippen molar-refractivity contribution in [2.45, 2.75) is 32.1 Å². The number of aromatic nitrogens is 2. The van der Waals surface area contributed by atoms with Crippen LogP contribution in [0.4, 0.5) is 0 Å². The van der Waals surface area contributed by atoms with Crippen LogP contribution in [0.5, 0.6) is 0 Å². The third-order valence-electron chi connectivity index (χ3n) is 3.71. The van der Waals surface area contributed by atoms with E-state index in [2.05, 4.69) is 29.2 Å². The molecule has 0 bridgehead atoms. The highest BCUT2D eigenvalue weighted by atomic mass is 14.9. The summed E-state index contributed by atoms with van der Waals surface area (Å²) in [4.78, 5) is 9.23. The summed E-state index contributed by atoms with van der Waals surface area (Å²) in [5, 5.41) is 0. The smallest absolute Gasteiger partial charge is 0.159 e. The Labute approximate surface area is 113 Å². The molecule has 1 aromatic carbocycles. The summed E-state index contributed by atoms with van der Waals surface area (Å²) < 4.78 is 0. The maximum Gasteiger partial charge on any atom is 0.159 e. The summed E-state index contributed by atoms with van der Waals surface area (Å²) >= 11 is 0. The van der Waals surface area contributed by atoms with Crippen molar-refractivity contribution in [1.82, 2.24) is 9.97 Å². The molecule has 3 nitrogen and oxygen atoms in total. The van der Waals surface area contributed by atoms with Gasteiger partial charge < -0.3 is 5.73 Å². The molecule has 2 N–H and O–H groups in total. The van der Waals surface area contributed by atoms with E-state index in [1.807, 2.05) is 6.20 Å². The van der Waals surface area contributed by atoms with Crippen LogP contribution in [0.25, 0.3) is 11.4 Å². The first-order chi connectivity index (χ1) is 9.36. The Morgan fingerprint density at radius 1 is 1.05 bits per heavy atom. The average Bonchev–Trinajstić information content (AvgIpc) is 2.48. The van der Waals surface area contributed by atoms with Crippen LogP contribution in [0.15, 0.2) is 30.5 Å². The molecule has 0 amide bonds. The molecule has 2 aromatic rings. The molecule has 19 heavy (non-hydrogen) atoms. The third-order valence-corrected chi connectivity index (χ3v) is 3.71. The average molecular weight is 253 g/mol. The van der Waals surface area contributed by atoms with Gasteiger partial charge in [-0.05, 0) is 49.8 Å². The Kier molecular flexibility index (Phi) is 3.56. The minimum absolute atomic E-state index is 0.689. The zero-order valence-electron chi connectivity index (χ0n) is 11.1. The topological polar surface area (TPSA) is 51.8 Å². The molecule has 98 valence electrons. The molecule has 0 radical (unpaired) electrons. The van der Waals surface area contributed by atoms with Crippen LogP contribution >= 0.6 is 0 Å². The van der Waals surface area contributed by atoms with Crippen LogP contribution in [0, 0.1) is 0 Å². The highest BCUT2D eigenvalue weighted by molar-refractivity contribution is 5.55. The van der Waals surface area contributed by atoms with Crippen molar-refractivity contribution in [3.63, 3.8) is 0 Å². The molecule has 0 spiro atoms. The van der Waals surface area contributed by atoms with Crippen molar-refractivity contribution < 1.29 is 0 Å². The van der Waals surface area contributed by atoms with Crippen molar-refractivity contribution >= 4 is 0 Å². The van der Waals surface area contributed by atoms with E-state index < -0.39 is 0 Å². The highest BCUT2D eigenvalue weighted by Crippen LogP contribution is 2.22. The van der Waals surface area contributed by atoms with Crippen LogP contribution in [0.3, 0.4) is 0 Å². The molecule has 3 heteroatoms. The summed E-state index contributed by atoms with van der Waals surface area (Å²) in [6.45, 7) is 0.689. The van der Waals surface area contributed by atoms with Crippen molar-refractivity contribution in [2.75, 3.05) is 6.54 Å². The van der Waals surface area contributed by atoms with E-state index >= 15 is 0 Å². The van der Waals surface area contributed by atoms with Crippen LogP contribution in [0.1, 0.15) is 29.7 Å². The molecular formula is C16H19N3. The second-order valence-electron chi connectivity index (χ2n) is 5.11. The van der Waals surface area contributed by atoms with Gasteiger partial charge in [-0.25, -0.2) is 9.97 Å². The summed E-state index contributed by atoms with van der Waals surface area (Å²) in [6.07, 6.45) is 7.67. The van der Waals surface area contributed by atoms with Crippen molar-refractivity contribution in [1.29, 1.82) is 0 Å². The standard InChI is InChI=1S/C16H19N3/c17-10-9-12-5-7-13(8-6-12)16-18-11-14-3-1-2-4-15(14)19-16/h5-8,11H,1-4,9-10,17H2. The van der Waals surface area contributed by atoms with Gasteiger partial charge in [0, 0.05) is 17.5 Å². The number of hydrogen-bond acceptors (Lipinski definition) is 3. The SMILES string of the molecule is NCCc1ccc(-c2ncc3c(n2)CCCC3)cc1. The molecule has 3 rings (SSSR count). The Bertz CT molecular complexity index is 561. The quantitative estimate of drug-likeness (QED) is 0.914. The fraction of sp³-hybridized carbons (Fsp3) is 0.375. The van der Waals surface area contributed by atoms with Gasteiger partial charge in [0.2, 0.25) is 0 Å². The van der Waals surface area contributed by atoms with Crippen LogP contribution in [-0.4, -0.2) is 16.5 Å². The van der Waals surface area contributed by atoms with E-state index in [9.17, 15) is 0 Å². The van der Waals surface area contributed by atoms with Gasteiger partial charge in [-0.3, -0.25) is 0 Å². The molecule has 0 saturated heterocycles. The minimum Gasteiger partial charge on any atom is -0.330 e. The van der Waals surface area contributed by atoms with E-state index in [1.165, 1.54) is 29.7 Å². The maximum atomic E-state index is 5.56. The Balaban J connectivity index is 1.89. The predicted molar refractivity (Wildman–Crippen MR) is 76.9 cm³/mol. The Hall–Kier alpha value is -1.74. The number of nitrogens with two attached hydrogens (primary N) is 1. The zero-order valence-corrected chi connectivity index (χ0v) is 11.1. The lowest BCUT2D eigenvalue weighted by Gasteiger charge is -2.14. The number of hydrogen-bond donors (Lipinski definition) is 1. The highest BCUT2D eigenvalue weighted by Gasteiger charge is 2.12. The first kappa shape index (κ1) is 12.3. The lowest BCUT2D eigenvalue weighted by molar-refractivity contribution is 0.663. The van der Waals surface area contributed by atoms with Crippen molar-refractivity contribution in [3.05, 3.63) is 47.3 Å². The molecule has 0 saturated carbocycles. The molecule has 0 aliphatic heterocycles. The summed E-state index contributed by atoms with van der Waals surface area (Å²) in [6, 6.07) is 8.42. The largest absolute Gasteiger partial charge is 0.330 e. The molecule has 1 aliphatic rings. The normalized spacial score (nSPS) is 14.2. The van der Waals surface area contributed by atoms with Crippen molar-refractivity contribution in [2.24, 2.45) is 5.73 Å². The summed E-state index contributed by atoms with van der Waals surface area (Å²) in [5.41, 5.74) is 10.5. The van der Waals surface area contributed by atoms with Crippen molar-refractivity contribution in [3.8, 4) is 11.4 Å². The van der Waals surface area contributed by atoms with Gasteiger partial charge in [0.05, 0.1) is 0 Å². The Morgan fingerprint density at radius 3 is 2.63 bits per heavy atom. The number of benzene rings is 1. The number of rotatable bonds is 3. The maximum absolute atomic E-state index is 5.56. The molecule has 1 aromatic heterocycles. The molecule has 1 aliphatic carbocycles. The fourth-order valence-electron chi connectivity index (χ4n) is 2.60. The van der Waals surface area contributed by atoms with Gasteiger partial charge in [-0.1, -0.05) is 24.3 Å². The van der Waals surface area contributed by atoms with E-state index in [4.69, 9.17) is 10.7 Å². The van der Waals surface area contributed by atoms with Gasteiger partial charge in [0.1, 0.15) is 0 Å². The number of aryl methyl sites for hydroxylation is 2. The Morgan fingerprint density at radius 2 is 1.84 bits per heavy atom. The molecular weight excluding hydrogens is 234 g/mol. The van der Waals surface area contributed by atoms with E-state index in [-0.39, 0.29) is 0 Å². The second kappa shape index (κ2) is 5.49. The zero-order chi connectivity index (χ0) is 13.1. The second-order valence-corrected chi connectivity index (χ2v) is 5.11. The minimum atomic E-state index is 0.689. The van der Waals surface area contributed by atoms with Gasteiger partial charge in [0.25, 0.3) is 0 Å². The van der Waals surface area contributed by atoms with E-state index in [1.54, 1.807) is 0 Å². The summed E-state index contributed by atoms with van der Waals surface area (Å²) in [5.74, 6) is 0.847. The predicted octanol–water partition coefficient (Wildman–Crippen LogP) is 2.52. The molecule has 0 atom stereocenters. The van der Waals surface area contributed by atoms with Gasteiger partial charge >= 0.3 is 0 Å². The lowest BCUT2D eigenvalue weighted by atomic mass is 9.97. The van der Waals surface area contributed by atoms with Gasteiger partial charge in [0.15, 0.2) is 5.82 Å². The van der Waals surface area contributed by atoms with E-state index in [0.29, 0.717) is 6.54 Å². The monoisotopic (exact) mass is 253 g/mol.